The maximum absolute atomic E-state index is 12.3. The standard InChI is InChI=1S/C19H31N3O2/c1-5-21(14-19(3,4)24)18(23)20-12-15(2)22-11-10-16-8-6-7-9-17(16)13-22/h6-9,15,24H,5,10-14H2,1-4H3,(H,20,23). The maximum Gasteiger partial charge on any atom is 0.317 e. The van der Waals surface area contributed by atoms with Gasteiger partial charge < -0.3 is 15.3 Å². The first-order valence-corrected chi connectivity index (χ1v) is 8.86. The summed E-state index contributed by atoms with van der Waals surface area (Å²) in [4.78, 5) is 16.4. The highest BCUT2D eigenvalue weighted by Crippen LogP contribution is 2.20. The van der Waals surface area contributed by atoms with E-state index in [1.165, 1.54) is 11.1 Å². The molecule has 1 aliphatic rings. The van der Waals surface area contributed by atoms with Gasteiger partial charge in [0.1, 0.15) is 0 Å². The van der Waals surface area contributed by atoms with E-state index in [2.05, 4.69) is 41.4 Å². The van der Waals surface area contributed by atoms with Gasteiger partial charge in [0.25, 0.3) is 0 Å². The fourth-order valence-corrected chi connectivity index (χ4v) is 3.16. The molecule has 1 unspecified atom stereocenters. The number of urea groups is 1. The van der Waals surface area contributed by atoms with Gasteiger partial charge in [-0.1, -0.05) is 24.3 Å². The first kappa shape index (κ1) is 18.7. The van der Waals surface area contributed by atoms with Gasteiger partial charge >= 0.3 is 6.03 Å². The van der Waals surface area contributed by atoms with Crippen LogP contribution in [0.15, 0.2) is 24.3 Å². The molecule has 2 amide bonds. The minimum absolute atomic E-state index is 0.108. The monoisotopic (exact) mass is 333 g/mol. The van der Waals surface area contributed by atoms with Crippen LogP contribution < -0.4 is 5.32 Å². The fraction of sp³-hybridized carbons (Fsp3) is 0.632. The zero-order valence-corrected chi connectivity index (χ0v) is 15.4. The zero-order valence-electron chi connectivity index (χ0n) is 15.4. The molecule has 5 nitrogen and oxygen atoms in total. The quantitative estimate of drug-likeness (QED) is 0.839. The minimum Gasteiger partial charge on any atom is -0.389 e. The molecule has 0 radical (unpaired) electrons. The molecule has 134 valence electrons. The third-order valence-corrected chi connectivity index (χ3v) is 4.58. The van der Waals surface area contributed by atoms with Gasteiger partial charge in [0.15, 0.2) is 0 Å². The number of carbonyl (C=O) groups is 1. The number of hydrogen-bond donors (Lipinski definition) is 2. The van der Waals surface area contributed by atoms with Crippen LogP contribution in [0.4, 0.5) is 4.79 Å². The summed E-state index contributed by atoms with van der Waals surface area (Å²) < 4.78 is 0. The Labute approximate surface area is 145 Å². The van der Waals surface area contributed by atoms with Gasteiger partial charge in [-0.25, -0.2) is 4.79 Å². The van der Waals surface area contributed by atoms with Crippen molar-refractivity contribution in [3.63, 3.8) is 0 Å². The number of likely N-dealkylation sites (N-methyl/N-ethyl adjacent to an activating group) is 1. The number of nitrogens with zero attached hydrogens (tertiary/aromatic N) is 2. The number of benzene rings is 1. The van der Waals surface area contributed by atoms with Crippen LogP contribution in [-0.4, -0.2) is 58.8 Å². The van der Waals surface area contributed by atoms with Crippen LogP contribution in [0.1, 0.15) is 38.8 Å². The molecule has 5 heteroatoms. The summed E-state index contributed by atoms with van der Waals surface area (Å²) in [5.41, 5.74) is 1.95. The van der Waals surface area contributed by atoms with Gasteiger partial charge in [-0.05, 0) is 45.2 Å². The number of amides is 2. The van der Waals surface area contributed by atoms with E-state index in [0.717, 1.165) is 19.5 Å². The number of hydrogen-bond acceptors (Lipinski definition) is 3. The summed E-state index contributed by atoms with van der Waals surface area (Å²) in [7, 11) is 0. The highest BCUT2D eigenvalue weighted by molar-refractivity contribution is 5.74. The molecular formula is C19H31N3O2. The van der Waals surface area contributed by atoms with Crippen molar-refractivity contribution >= 4 is 6.03 Å². The fourth-order valence-electron chi connectivity index (χ4n) is 3.16. The Bertz CT molecular complexity index is 554. The topological polar surface area (TPSA) is 55.8 Å². The summed E-state index contributed by atoms with van der Waals surface area (Å²) in [6.45, 7) is 11.0. The molecule has 1 aromatic rings. The van der Waals surface area contributed by atoms with Crippen LogP contribution in [0.5, 0.6) is 0 Å². The van der Waals surface area contributed by atoms with Crippen molar-refractivity contribution in [1.29, 1.82) is 0 Å². The SMILES string of the molecule is CCN(CC(C)(C)O)C(=O)NCC(C)N1CCc2ccccc2C1. The van der Waals surface area contributed by atoms with E-state index in [4.69, 9.17) is 0 Å². The zero-order chi connectivity index (χ0) is 17.7. The molecule has 1 aliphatic heterocycles. The average Bonchev–Trinajstić information content (AvgIpc) is 2.55. The molecule has 0 spiro atoms. The van der Waals surface area contributed by atoms with Crippen molar-refractivity contribution < 1.29 is 9.90 Å². The van der Waals surface area contributed by atoms with Gasteiger partial charge in [-0.3, -0.25) is 4.90 Å². The van der Waals surface area contributed by atoms with Crippen LogP contribution in [0.2, 0.25) is 0 Å². The van der Waals surface area contributed by atoms with Crippen LogP contribution in [0.3, 0.4) is 0 Å². The number of aliphatic hydroxyl groups is 1. The van der Waals surface area contributed by atoms with E-state index in [9.17, 15) is 9.90 Å². The van der Waals surface area contributed by atoms with Gasteiger partial charge in [0.05, 0.1) is 12.1 Å². The Morgan fingerprint density at radius 3 is 2.67 bits per heavy atom. The number of carbonyl (C=O) groups excluding carboxylic acids is 1. The molecule has 1 heterocycles. The lowest BCUT2D eigenvalue weighted by atomic mass is 9.99. The molecule has 1 atom stereocenters. The highest BCUT2D eigenvalue weighted by atomic mass is 16.3. The summed E-state index contributed by atoms with van der Waals surface area (Å²) >= 11 is 0. The van der Waals surface area contributed by atoms with Crippen molar-refractivity contribution in [1.82, 2.24) is 15.1 Å². The largest absolute Gasteiger partial charge is 0.389 e. The predicted molar refractivity (Wildman–Crippen MR) is 97.0 cm³/mol. The summed E-state index contributed by atoms with van der Waals surface area (Å²) in [5.74, 6) is 0. The summed E-state index contributed by atoms with van der Waals surface area (Å²) in [5, 5.41) is 12.9. The Morgan fingerprint density at radius 2 is 2.04 bits per heavy atom. The van der Waals surface area contributed by atoms with E-state index in [0.29, 0.717) is 19.6 Å². The van der Waals surface area contributed by atoms with Crippen molar-refractivity contribution in [2.24, 2.45) is 0 Å². The van der Waals surface area contributed by atoms with E-state index in [1.54, 1.807) is 18.7 Å². The number of fused-ring (bicyclic) bond motifs is 1. The molecule has 2 N–H and O–H groups in total. The summed E-state index contributed by atoms with van der Waals surface area (Å²) in [6.07, 6.45) is 1.06. The number of nitrogens with one attached hydrogen (secondary N) is 1. The summed E-state index contributed by atoms with van der Waals surface area (Å²) in [6, 6.07) is 8.75. The maximum atomic E-state index is 12.3. The Balaban J connectivity index is 1.84. The third kappa shape index (κ3) is 5.21. The lowest BCUT2D eigenvalue weighted by Crippen LogP contribution is -2.50. The van der Waals surface area contributed by atoms with E-state index >= 15 is 0 Å². The van der Waals surface area contributed by atoms with Crippen LogP contribution >= 0.6 is 0 Å². The lowest BCUT2D eigenvalue weighted by Gasteiger charge is -2.34. The van der Waals surface area contributed by atoms with Crippen molar-refractivity contribution in [2.45, 2.75) is 52.3 Å². The molecule has 0 fully saturated rings. The Kier molecular flexibility index (Phi) is 6.24. The smallest absolute Gasteiger partial charge is 0.317 e. The minimum atomic E-state index is -0.879. The molecule has 24 heavy (non-hydrogen) atoms. The van der Waals surface area contributed by atoms with Gasteiger partial charge in [-0.15, -0.1) is 0 Å². The second-order valence-electron chi connectivity index (χ2n) is 7.35. The van der Waals surface area contributed by atoms with Crippen LogP contribution in [-0.2, 0) is 13.0 Å². The molecule has 1 aromatic carbocycles. The van der Waals surface area contributed by atoms with Crippen molar-refractivity contribution in [3.8, 4) is 0 Å². The van der Waals surface area contributed by atoms with Gasteiger partial charge in [-0.2, -0.15) is 0 Å². The molecule has 0 aromatic heterocycles. The van der Waals surface area contributed by atoms with Gasteiger partial charge in [0.2, 0.25) is 0 Å². The predicted octanol–water partition coefficient (Wildman–Crippen LogP) is 2.24. The number of rotatable bonds is 6. The molecule has 0 saturated heterocycles. The molecule has 0 bridgehead atoms. The first-order valence-electron chi connectivity index (χ1n) is 8.86. The molecule has 2 rings (SSSR count). The third-order valence-electron chi connectivity index (χ3n) is 4.58. The van der Waals surface area contributed by atoms with Crippen molar-refractivity contribution in [2.75, 3.05) is 26.2 Å². The van der Waals surface area contributed by atoms with Crippen LogP contribution in [0.25, 0.3) is 0 Å². The van der Waals surface area contributed by atoms with E-state index in [1.807, 2.05) is 6.92 Å². The second kappa shape index (κ2) is 7.99. The first-order chi connectivity index (χ1) is 11.3. The van der Waals surface area contributed by atoms with Crippen molar-refractivity contribution in [3.05, 3.63) is 35.4 Å². The van der Waals surface area contributed by atoms with E-state index < -0.39 is 5.60 Å². The van der Waals surface area contributed by atoms with E-state index in [-0.39, 0.29) is 12.1 Å². The lowest BCUT2D eigenvalue weighted by molar-refractivity contribution is 0.0476. The normalized spacial score (nSPS) is 16.4. The van der Waals surface area contributed by atoms with Gasteiger partial charge in [0, 0.05) is 32.2 Å². The molecular weight excluding hydrogens is 302 g/mol. The molecule has 0 saturated carbocycles. The Morgan fingerprint density at radius 1 is 1.38 bits per heavy atom. The second-order valence-corrected chi connectivity index (χ2v) is 7.35. The average molecular weight is 333 g/mol. The Hall–Kier alpha value is -1.59. The molecule has 0 aliphatic carbocycles. The van der Waals surface area contributed by atoms with Crippen LogP contribution in [0, 0.1) is 0 Å². The highest BCUT2D eigenvalue weighted by Gasteiger charge is 2.23.